The average molecular weight is 276 g/mol. The summed E-state index contributed by atoms with van der Waals surface area (Å²) in [4.78, 5) is 2.68. The molecule has 4 heteroatoms. The van der Waals surface area contributed by atoms with Crippen molar-refractivity contribution in [3.63, 3.8) is 0 Å². The molecule has 2 atom stereocenters. The van der Waals surface area contributed by atoms with E-state index in [4.69, 9.17) is 0 Å². The molecule has 112 valence electrons. The molecule has 0 bridgehead atoms. The zero-order valence-electron chi connectivity index (χ0n) is 13.2. The number of fused-ring (bicyclic) bond motifs is 1. The Kier molecular flexibility index (Phi) is 4.01. The van der Waals surface area contributed by atoms with Gasteiger partial charge in [0.2, 0.25) is 0 Å². The lowest BCUT2D eigenvalue weighted by Crippen LogP contribution is -2.48. The van der Waals surface area contributed by atoms with Crippen molar-refractivity contribution in [2.45, 2.75) is 58.0 Å². The summed E-state index contributed by atoms with van der Waals surface area (Å²) in [6, 6.07) is 0.753. The second kappa shape index (κ2) is 5.76. The van der Waals surface area contributed by atoms with Gasteiger partial charge in [0.15, 0.2) is 0 Å². The van der Waals surface area contributed by atoms with Gasteiger partial charge < -0.3 is 10.2 Å². The van der Waals surface area contributed by atoms with Gasteiger partial charge in [0.05, 0.1) is 5.69 Å². The molecule has 0 amide bonds. The highest BCUT2D eigenvalue weighted by Crippen LogP contribution is 2.39. The van der Waals surface area contributed by atoms with Gasteiger partial charge in [-0.15, -0.1) is 0 Å². The van der Waals surface area contributed by atoms with Gasteiger partial charge in [0, 0.05) is 31.7 Å². The van der Waals surface area contributed by atoms with Gasteiger partial charge in [-0.25, -0.2) is 0 Å². The lowest BCUT2D eigenvalue weighted by molar-refractivity contribution is 0.241. The van der Waals surface area contributed by atoms with Gasteiger partial charge >= 0.3 is 0 Å². The van der Waals surface area contributed by atoms with Crippen molar-refractivity contribution in [3.05, 3.63) is 11.3 Å². The van der Waals surface area contributed by atoms with Crippen molar-refractivity contribution < 1.29 is 0 Å². The molecule has 4 nitrogen and oxygen atoms in total. The molecular weight excluding hydrogens is 248 g/mol. The number of anilines is 1. The van der Waals surface area contributed by atoms with Gasteiger partial charge in [0.25, 0.3) is 0 Å². The number of aromatic nitrogens is 2. The monoisotopic (exact) mass is 276 g/mol. The maximum absolute atomic E-state index is 4.68. The molecule has 0 radical (unpaired) electrons. The highest BCUT2D eigenvalue weighted by atomic mass is 15.4. The molecule has 0 aromatic carbocycles. The molecular formula is C16H28N4. The highest BCUT2D eigenvalue weighted by molar-refractivity contribution is 5.51. The van der Waals surface area contributed by atoms with Gasteiger partial charge in [-0.1, -0.05) is 12.8 Å². The quantitative estimate of drug-likeness (QED) is 0.921. The minimum atomic E-state index is 0.753. The number of aryl methyl sites for hydroxylation is 2. The summed E-state index contributed by atoms with van der Waals surface area (Å²) in [6.07, 6.45) is 8.40. The number of rotatable bonds is 3. The summed E-state index contributed by atoms with van der Waals surface area (Å²) in [7, 11) is 4.13. The number of piperidine rings is 1. The summed E-state index contributed by atoms with van der Waals surface area (Å²) in [5.41, 5.74) is 2.57. The zero-order chi connectivity index (χ0) is 14.1. The van der Waals surface area contributed by atoms with E-state index in [1.807, 2.05) is 7.05 Å². The molecule has 1 saturated carbocycles. The van der Waals surface area contributed by atoms with Crippen LogP contribution in [0.25, 0.3) is 0 Å². The SMILES string of the molecule is CNCc1c(C)nn(C)c1N1CCCC2CCCCC21. The van der Waals surface area contributed by atoms with E-state index in [9.17, 15) is 0 Å². The van der Waals surface area contributed by atoms with Crippen molar-refractivity contribution in [2.24, 2.45) is 13.0 Å². The van der Waals surface area contributed by atoms with E-state index in [0.29, 0.717) is 0 Å². The molecule has 2 unspecified atom stereocenters. The molecule has 1 saturated heterocycles. The Labute approximate surface area is 122 Å². The van der Waals surface area contributed by atoms with Crippen molar-refractivity contribution in [1.29, 1.82) is 0 Å². The lowest BCUT2D eigenvalue weighted by atomic mass is 9.78. The van der Waals surface area contributed by atoms with Crippen LogP contribution in [-0.2, 0) is 13.6 Å². The van der Waals surface area contributed by atoms with Crippen LogP contribution in [0, 0.1) is 12.8 Å². The third-order valence-electron chi connectivity index (χ3n) is 5.18. The summed E-state index contributed by atoms with van der Waals surface area (Å²) >= 11 is 0. The van der Waals surface area contributed by atoms with Gasteiger partial charge in [-0.3, -0.25) is 4.68 Å². The first-order chi connectivity index (χ1) is 9.72. The summed E-state index contributed by atoms with van der Waals surface area (Å²) in [5, 5.41) is 7.99. The molecule has 1 aliphatic carbocycles. The van der Waals surface area contributed by atoms with Gasteiger partial charge in [-0.05, 0) is 45.6 Å². The molecule has 2 heterocycles. The first-order valence-electron chi connectivity index (χ1n) is 8.16. The van der Waals surface area contributed by atoms with Gasteiger partial charge in [-0.2, -0.15) is 5.10 Å². The zero-order valence-corrected chi connectivity index (χ0v) is 13.2. The van der Waals surface area contributed by atoms with E-state index < -0.39 is 0 Å². The summed E-state index contributed by atoms with van der Waals surface area (Å²) in [5.74, 6) is 2.28. The van der Waals surface area contributed by atoms with Crippen LogP contribution >= 0.6 is 0 Å². The molecule has 0 spiro atoms. The highest BCUT2D eigenvalue weighted by Gasteiger charge is 2.35. The van der Waals surface area contributed by atoms with Crippen molar-refractivity contribution in [1.82, 2.24) is 15.1 Å². The number of nitrogens with zero attached hydrogens (tertiary/aromatic N) is 3. The van der Waals surface area contributed by atoms with E-state index in [1.165, 1.54) is 62.1 Å². The van der Waals surface area contributed by atoms with Crippen LogP contribution in [0.2, 0.25) is 0 Å². The normalized spacial score (nSPS) is 26.6. The predicted octanol–water partition coefficient (Wildman–Crippen LogP) is 2.61. The Morgan fingerprint density at radius 2 is 1.95 bits per heavy atom. The van der Waals surface area contributed by atoms with Gasteiger partial charge in [0.1, 0.15) is 5.82 Å². The van der Waals surface area contributed by atoms with Crippen LogP contribution in [-0.4, -0.2) is 29.4 Å². The number of nitrogens with one attached hydrogen (secondary N) is 1. The van der Waals surface area contributed by atoms with E-state index in [2.05, 4.69) is 34.0 Å². The minimum Gasteiger partial charge on any atom is -0.353 e. The fourth-order valence-corrected chi connectivity index (χ4v) is 4.32. The van der Waals surface area contributed by atoms with E-state index in [0.717, 1.165) is 18.5 Å². The first kappa shape index (κ1) is 13.9. The minimum absolute atomic E-state index is 0.753. The van der Waals surface area contributed by atoms with E-state index >= 15 is 0 Å². The molecule has 1 aromatic heterocycles. The third kappa shape index (κ3) is 2.34. The molecule has 1 aromatic rings. The first-order valence-corrected chi connectivity index (χ1v) is 8.16. The van der Waals surface area contributed by atoms with Crippen molar-refractivity contribution in [3.8, 4) is 0 Å². The second-order valence-electron chi connectivity index (χ2n) is 6.49. The molecule has 2 aliphatic rings. The van der Waals surface area contributed by atoms with Crippen molar-refractivity contribution in [2.75, 3.05) is 18.5 Å². The Balaban J connectivity index is 1.94. The smallest absolute Gasteiger partial charge is 0.131 e. The Hall–Kier alpha value is -1.03. The predicted molar refractivity (Wildman–Crippen MR) is 83.0 cm³/mol. The molecule has 2 fully saturated rings. The maximum atomic E-state index is 4.68. The van der Waals surface area contributed by atoms with Crippen molar-refractivity contribution >= 4 is 5.82 Å². The maximum Gasteiger partial charge on any atom is 0.131 e. The lowest BCUT2D eigenvalue weighted by Gasteiger charge is -2.45. The standard InChI is InChI=1S/C16H28N4/c1-12-14(11-17-2)16(19(3)18-12)20-10-6-8-13-7-4-5-9-15(13)20/h13,15,17H,4-11H2,1-3H3. The van der Waals surface area contributed by atoms with Crippen LogP contribution in [0.5, 0.6) is 0 Å². The summed E-state index contributed by atoms with van der Waals surface area (Å²) in [6.45, 7) is 4.26. The Morgan fingerprint density at radius 3 is 2.75 bits per heavy atom. The molecule has 1 aliphatic heterocycles. The van der Waals surface area contributed by atoms with Crippen LogP contribution in [0.3, 0.4) is 0 Å². The molecule has 1 N–H and O–H groups in total. The summed E-state index contributed by atoms with van der Waals surface area (Å²) < 4.78 is 2.11. The fourth-order valence-electron chi connectivity index (χ4n) is 4.32. The van der Waals surface area contributed by atoms with Crippen LogP contribution in [0.15, 0.2) is 0 Å². The second-order valence-corrected chi connectivity index (χ2v) is 6.49. The fraction of sp³-hybridized carbons (Fsp3) is 0.812. The number of hydrogen-bond donors (Lipinski definition) is 1. The Bertz CT molecular complexity index is 463. The topological polar surface area (TPSA) is 33.1 Å². The third-order valence-corrected chi connectivity index (χ3v) is 5.18. The number of hydrogen-bond acceptors (Lipinski definition) is 3. The van der Waals surface area contributed by atoms with Crippen LogP contribution in [0.4, 0.5) is 5.82 Å². The average Bonchev–Trinajstić information content (AvgIpc) is 2.73. The van der Waals surface area contributed by atoms with Crippen LogP contribution < -0.4 is 10.2 Å². The van der Waals surface area contributed by atoms with Crippen LogP contribution in [0.1, 0.15) is 49.8 Å². The van der Waals surface area contributed by atoms with E-state index in [-0.39, 0.29) is 0 Å². The van der Waals surface area contributed by atoms with E-state index in [1.54, 1.807) is 0 Å². The molecule has 20 heavy (non-hydrogen) atoms. The molecule has 3 rings (SSSR count). The largest absolute Gasteiger partial charge is 0.353 e. The Morgan fingerprint density at radius 1 is 1.20 bits per heavy atom.